The van der Waals surface area contributed by atoms with E-state index in [4.69, 9.17) is 0 Å². The Balaban J connectivity index is 1.84. The van der Waals surface area contributed by atoms with Crippen molar-refractivity contribution in [2.75, 3.05) is 0 Å². The molecule has 4 nitrogen and oxygen atoms in total. The van der Waals surface area contributed by atoms with Crippen molar-refractivity contribution in [2.45, 2.75) is 6.42 Å². The molecule has 0 atom stereocenters. The van der Waals surface area contributed by atoms with Crippen molar-refractivity contribution in [3.8, 4) is 5.69 Å². The van der Waals surface area contributed by atoms with Crippen molar-refractivity contribution in [3.05, 3.63) is 77.9 Å². The van der Waals surface area contributed by atoms with Gasteiger partial charge in [0, 0.05) is 5.56 Å². The lowest BCUT2D eigenvalue weighted by Gasteiger charge is -2.03. The Bertz CT molecular complexity index is 795. The Morgan fingerprint density at radius 3 is 2.36 bits per heavy atom. The lowest BCUT2D eigenvalue weighted by molar-refractivity contribution is 0.0991. The van der Waals surface area contributed by atoms with E-state index in [-0.39, 0.29) is 23.7 Å². The minimum absolute atomic E-state index is 0.0346. The Kier molecular flexibility index (Phi) is 3.74. The van der Waals surface area contributed by atoms with E-state index in [1.54, 1.807) is 24.3 Å². The maximum atomic E-state index is 13.7. The molecule has 0 unspecified atom stereocenters. The zero-order chi connectivity index (χ0) is 15.5. The van der Waals surface area contributed by atoms with Gasteiger partial charge in [0.25, 0.3) is 0 Å². The molecule has 22 heavy (non-hydrogen) atoms. The summed E-state index contributed by atoms with van der Waals surface area (Å²) in [6.07, 6.45) is 1.15. The van der Waals surface area contributed by atoms with Gasteiger partial charge in [0.2, 0.25) is 0 Å². The first-order valence-corrected chi connectivity index (χ1v) is 6.58. The molecule has 2 aromatic carbocycles. The third kappa shape index (κ3) is 2.76. The molecular formula is C16H11F2N3O. The van der Waals surface area contributed by atoms with Gasteiger partial charge < -0.3 is 0 Å². The predicted octanol–water partition coefficient (Wildman–Crippen LogP) is 2.97. The van der Waals surface area contributed by atoms with E-state index in [9.17, 15) is 13.6 Å². The van der Waals surface area contributed by atoms with Crippen molar-refractivity contribution < 1.29 is 13.6 Å². The molecule has 6 heteroatoms. The Hall–Kier alpha value is -2.89. The highest BCUT2D eigenvalue weighted by molar-refractivity contribution is 5.97. The number of halogens is 2. The number of nitrogens with zero attached hydrogens (tertiary/aromatic N) is 3. The molecule has 1 heterocycles. The Labute approximate surface area is 125 Å². The second-order valence-electron chi connectivity index (χ2n) is 4.64. The predicted molar refractivity (Wildman–Crippen MR) is 75.8 cm³/mol. The van der Waals surface area contributed by atoms with E-state index in [0.29, 0.717) is 5.56 Å². The summed E-state index contributed by atoms with van der Waals surface area (Å²) in [5.41, 5.74) is 0.226. The molecule has 0 bridgehead atoms. The first-order valence-electron chi connectivity index (χ1n) is 6.58. The Morgan fingerprint density at radius 1 is 1.00 bits per heavy atom. The van der Waals surface area contributed by atoms with Crippen LogP contribution in [0.1, 0.15) is 16.2 Å². The van der Waals surface area contributed by atoms with Crippen LogP contribution < -0.4 is 0 Å². The molecule has 0 N–H and O–H groups in total. The summed E-state index contributed by atoms with van der Waals surface area (Å²) >= 11 is 0. The third-order valence-corrected chi connectivity index (χ3v) is 3.12. The fourth-order valence-electron chi connectivity index (χ4n) is 2.06. The minimum Gasteiger partial charge on any atom is -0.294 e. The first kappa shape index (κ1) is 14.1. The molecule has 3 rings (SSSR count). The van der Waals surface area contributed by atoms with Crippen molar-refractivity contribution >= 4 is 5.78 Å². The second-order valence-corrected chi connectivity index (χ2v) is 4.64. The van der Waals surface area contributed by atoms with Crippen molar-refractivity contribution in [3.63, 3.8) is 0 Å². The number of carbonyl (C=O) groups is 1. The molecule has 0 aliphatic carbocycles. The SMILES string of the molecule is O=C(Cc1ncn(-c2c(F)cccc2F)n1)c1ccccc1. The van der Waals surface area contributed by atoms with Crippen LogP contribution in [0.2, 0.25) is 0 Å². The minimum atomic E-state index is -0.745. The van der Waals surface area contributed by atoms with Gasteiger partial charge in [-0.25, -0.2) is 18.4 Å². The second kappa shape index (κ2) is 5.85. The summed E-state index contributed by atoms with van der Waals surface area (Å²) in [7, 11) is 0. The zero-order valence-electron chi connectivity index (χ0n) is 11.4. The van der Waals surface area contributed by atoms with Crippen molar-refractivity contribution in [1.82, 2.24) is 14.8 Å². The topological polar surface area (TPSA) is 47.8 Å². The quantitative estimate of drug-likeness (QED) is 0.696. The number of rotatable bonds is 4. The summed E-state index contributed by atoms with van der Waals surface area (Å²) in [5.74, 6) is -1.44. The van der Waals surface area contributed by atoms with Crippen molar-refractivity contribution in [2.24, 2.45) is 0 Å². The van der Waals surface area contributed by atoms with Gasteiger partial charge in [-0.1, -0.05) is 36.4 Å². The fourth-order valence-corrected chi connectivity index (χ4v) is 2.06. The highest BCUT2D eigenvalue weighted by Gasteiger charge is 2.15. The zero-order valence-corrected chi connectivity index (χ0v) is 11.4. The molecule has 1 aromatic heterocycles. The van der Waals surface area contributed by atoms with Gasteiger partial charge in [-0.15, -0.1) is 0 Å². The number of hydrogen-bond acceptors (Lipinski definition) is 3. The number of hydrogen-bond donors (Lipinski definition) is 0. The molecule has 0 aliphatic heterocycles. The van der Waals surface area contributed by atoms with Crippen LogP contribution in [-0.4, -0.2) is 20.5 Å². The van der Waals surface area contributed by atoms with Gasteiger partial charge >= 0.3 is 0 Å². The molecule has 0 spiro atoms. The molecule has 0 saturated carbocycles. The van der Waals surface area contributed by atoms with Gasteiger partial charge in [0.05, 0.1) is 6.42 Å². The lowest BCUT2D eigenvalue weighted by Crippen LogP contribution is -2.06. The fraction of sp³-hybridized carbons (Fsp3) is 0.0625. The summed E-state index contributed by atoms with van der Waals surface area (Å²) in [5, 5.41) is 3.97. The molecule has 0 saturated heterocycles. The van der Waals surface area contributed by atoms with E-state index < -0.39 is 11.6 Å². The highest BCUT2D eigenvalue weighted by Crippen LogP contribution is 2.16. The van der Waals surface area contributed by atoms with Crippen LogP contribution in [0.4, 0.5) is 8.78 Å². The van der Waals surface area contributed by atoms with Crippen LogP contribution in [0.3, 0.4) is 0 Å². The van der Waals surface area contributed by atoms with E-state index >= 15 is 0 Å². The van der Waals surface area contributed by atoms with Crippen LogP contribution in [0.15, 0.2) is 54.9 Å². The number of Topliss-reactive ketones (excluding diaryl/α,β-unsaturated/α-hetero) is 1. The maximum Gasteiger partial charge on any atom is 0.170 e. The molecule has 0 amide bonds. The average Bonchev–Trinajstić information content (AvgIpc) is 2.96. The van der Waals surface area contributed by atoms with Gasteiger partial charge in [-0.3, -0.25) is 4.79 Å². The summed E-state index contributed by atoms with van der Waals surface area (Å²) in [6.45, 7) is 0. The van der Waals surface area contributed by atoms with Gasteiger partial charge in [-0.05, 0) is 12.1 Å². The van der Waals surface area contributed by atoms with Crippen LogP contribution in [-0.2, 0) is 6.42 Å². The smallest absolute Gasteiger partial charge is 0.170 e. The third-order valence-electron chi connectivity index (χ3n) is 3.12. The normalized spacial score (nSPS) is 10.6. The molecule has 3 aromatic rings. The van der Waals surface area contributed by atoms with Gasteiger partial charge in [0.15, 0.2) is 23.2 Å². The number of carbonyl (C=O) groups excluding carboxylic acids is 1. The number of ketones is 1. The van der Waals surface area contributed by atoms with E-state index in [1.165, 1.54) is 12.4 Å². The van der Waals surface area contributed by atoms with Gasteiger partial charge in [-0.2, -0.15) is 5.10 Å². The van der Waals surface area contributed by atoms with E-state index in [1.807, 2.05) is 6.07 Å². The van der Waals surface area contributed by atoms with Crippen LogP contribution in [0, 0.1) is 11.6 Å². The Morgan fingerprint density at radius 2 is 1.68 bits per heavy atom. The average molecular weight is 299 g/mol. The maximum absolute atomic E-state index is 13.7. The van der Waals surface area contributed by atoms with Crippen LogP contribution >= 0.6 is 0 Å². The largest absolute Gasteiger partial charge is 0.294 e. The summed E-state index contributed by atoms with van der Waals surface area (Å²) in [6, 6.07) is 12.2. The highest BCUT2D eigenvalue weighted by atomic mass is 19.1. The number of aromatic nitrogens is 3. The number of benzene rings is 2. The van der Waals surface area contributed by atoms with Crippen molar-refractivity contribution in [1.29, 1.82) is 0 Å². The molecule has 0 aliphatic rings. The lowest BCUT2D eigenvalue weighted by atomic mass is 10.1. The first-order chi connectivity index (χ1) is 10.6. The van der Waals surface area contributed by atoms with Crippen LogP contribution in [0.5, 0.6) is 0 Å². The van der Waals surface area contributed by atoms with Gasteiger partial charge in [0.1, 0.15) is 12.0 Å². The molecule has 110 valence electrons. The molecule has 0 radical (unpaired) electrons. The van der Waals surface area contributed by atoms with E-state index in [0.717, 1.165) is 16.8 Å². The number of para-hydroxylation sites is 1. The summed E-state index contributed by atoms with van der Waals surface area (Å²) < 4.78 is 28.4. The molecular weight excluding hydrogens is 288 g/mol. The monoisotopic (exact) mass is 299 g/mol. The van der Waals surface area contributed by atoms with Crippen LogP contribution in [0.25, 0.3) is 5.69 Å². The summed E-state index contributed by atoms with van der Waals surface area (Å²) in [4.78, 5) is 16.0. The molecule has 0 fully saturated rings. The van der Waals surface area contributed by atoms with E-state index in [2.05, 4.69) is 10.1 Å². The standard InChI is InChI=1S/C16H11F2N3O/c17-12-7-4-8-13(18)16(12)21-10-19-15(20-21)9-14(22)11-5-2-1-3-6-11/h1-8,10H,9H2.